The highest BCUT2D eigenvalue weighted by molar-refractivity contribution is 7.20. The van der Waals surface area contributed by atoms with Gasteiger partial charge in [0.05, 0.1) is 16.0 Å². The van der Waals surface area contributed by atoms with Crippen molar-refractivity contribution in [3.8, 4) is 6.07 Å². The first kappa shape index (κ1) is 12.7. The molecule has 0 aliphatic carbocycles. The Morgan fingerprint density at radius 3 is 3.00 bits per heavy atom. The molecule has 0 spiro atoms. The molecule has 17 heavy (non-hydrogen) atoms. The molecule has 1 atom stereocenters. The Kier molecular flexibility index (Phi) is 3.89. The van der Waals surface area contributed by atoms with Gasteiger partial charge in [-0.15, -0.1) is 11.3 Å². The summed E-state index contributed by atoms with van der Waals surface area (Å²) in [6.07, 6.45) is 0. The Hall–Kier alpha value is -0.800. The number of amides is 1. The number of carbonyl (C=O) groups is 1. The SMILES string of the molecule is N#CC1CNCCN1C(=O)c1cc(Cl)sc1Cl. The van der Waals surface area contributed by atoms with Crippen molar-refractivity contribution in [2.24, 2.45) is 0 Å². The van der Waals surface area contributed by atoms with Crippen LogP contribution in [0.25, 0.3) is 0 Å². The van der Waals surface area contributed by atoms with Crippen molar-refractivity contribution in [3.63, 3.8) is 0 Å². The Morgan fingerprint density at radius 1 is 1.65 bits per heavy atom. The first-order chi connectivity index (χ1) is 8.13. The fourth-order valence-electron chi connectivity index (χ4n) is 1.70. The maximum absolute atomic E-state index is 12.2. The summed E-state index contributed by atoms with van der Waals surface area (Å²) >= 11 is 12.9. The van der Waals surface area contributed by atoms with Crippen molar-refractivity contribution < 1.29 is 4.79 Å². The minimum atomic E-state index is -0.453. The van der Waals surface area contributed by atoms with Gasteiger partial charge in [-0.05, 0) is 6.07 Å². The van der Waals surface area contributed by atoms with Crippen molar-refractivity contribution in [3.05, 3.63) is 20.3 Å². The summed E-state index contributed by atoms with van der Waals surface area (Å²) in [5.41, 5.74) is 0.379. The number of rotatable bonds is 1. The van der Waals surface area contributed by atoms with Crippen molar-refractivity contribution in [1.29, 1.82) is 5.26 Å². The van der Waals surface area contributed by atoms with E-state index in [1.165, 1.54) is 4.90 Å². The average molecular weight is 290 g/mol. The normalized spacial score (nSPS) is 20.1. The van der Waals surface area contributed by atoms with E-state index in [-0.39, 0.29) is 5.91 Å². The zero-order chi connectivity index (χ0) is 12.4. The molecule has 1 saturated heterocycles. The summed E-state index contributed by atoms with van der Waals surface area (Å²) in [5.74, 6) is -0.230. The molecular formula is C10H9Cl2N3OS. The third kappa shape index (κ3) is 2.55. The molecule has 1 fully saturated rings. The van der Waals surface area contributed by atoms with Crippen LogP contribution in [0.5, 0.6) is 0 Å². The summed E-state index contributed by atoms with van der Waals surface area (Å²) < 4.78 is 0.845. The molecule has 90 valence electrons. The van der Waals surface area contributed by atoms with Gasteiger partial charge in [0.25, 0.3) is 5.91 Å². The number of carbonyl (C=O) groups excluding carboxylic acids is 1. The van der Waals surface area contributed by atoms with E-state index >= 15 is 0 Å². The number of nitrogens with one attached hydrogen (secondary N) is 1. The molecule has 1 aliphatic rings. The van der Waals surface area contributed by atoms with Crippen LogP contribution in [0.4, 0.5) is 0 Å². The van der Waals surface area contributed by atoms with Gasteiger partial charge in [0.1, 0.15) is 10.4 Å². The van der Waals surface area contributed by atoms with E-state index in [0.717, 1.165) is 11.3 Å². The van der Waals surface area contributed by atoms with Crippen LogP contribution in [0.1, 0.15) is 10.4 Å². The molecule has 0 bridgehead atoms. The molecular weight excluding hydrogens is 281 g/mol. The van der Waals surface area contributed by atoms with Gasteiger partial charge in [-0.2, -0.15) is 5.26 Å². The molecule has 1 aromatic heterocycles. The zero-order valence-corrected chi connectivity index (χ0v) is 11.1. The topological polar surface area (TPSA) is 56.1 Å². The lowest BCUT2D eigenvalue weighted by molar-refractivity contribution is 0.0688. The monoisotopic (exact) mass is 289 g/mol. The molecule has 1 aliphatic heterocycles. The molecule has 1 unspecified atom stereocenters. The van der Waals surface area contributed by atoms with Gasteiger partial charge in [-0.1, -0.05) is 23.2 Å². The van der Waals surface area contributed by atoms with Crippen molar-refractivity contribution in [2.45, 2.75) is 6.04 Å². The van der Waals surface area contributed by atoms with Crippen molar-refractivity contribution in [1.82, 2.24) is 10.2 Å². The maximum atomic E-state index is 12.2. The molecule has 2 heterocycles. The van der Waals surface area contributed by atoms with Gasteiger partial charge in [0.2, 0.25) is 0 Å². The number of nitrogens with zero attached hydrogens (tertiary/aromatic N) is 2. The molecule has 0 saturated carbocycles. The lowest BCUT2D eigenvalue weighted by atomic mass is 10.2. The van der Waals surface area contributed by atoms with E-state index in [4.69, 9.17) is 28.5 Å². The van der Waals surface area contributed by atoms with Crippen LogP contribution in [0.3, 0.4) is 0 Å². The van der Waals surface area contributed by atoms with Gasteiger partial charge in [0.15, 0.2) is 0 Å². The van der Waals surface area contributed by atoms with Crippen molar-refractivity contribution in [2.75, 3.05) is 19.6 Å². The lowest BCUT2D eigenvalue weighted by Gasteiger charge is -2.31. The van der Waals surface area contributed by atoms with E-state index in [9.17, 15) is 4.79 Å². The summed E-state index contributed by atoms with van der Waals surface area (Å²) in [6.45, 7) is 1.66. The molecule has 0 radical (unpaired) electrons. The molecule has 7 heteroatoms. The maximum Gasteiger partial charge on any atom is 0.257 e. The van der Waals surface area contributed by atoms with Crippen LogP contribution in [0.2, 0.25) is 8.67 Å². The van der Waals surface area contributed by atoms with Crippen LogP contribution in [0.15, 0.2) is 6.07 Å². The van der Waals surface area contributed by atoms with Gasteiger partial charge >= 0.3 is 0 Å². The van der Waals surface area contributed by atoms with Gasteiger partial charge in [-0.25, -0.2) is 0 Å². The van der Waals surface area contributed by atoms with Crippen LogP contribution < -0.4 is 5.32 Å². The fourth-order valence-corrected chi connectivity index (χ4v) is 3.15. The second-order valence-electron chi connectivity index (χ2n) is 3.59. The van der Waals surface area contributed by atoms with Gasteiger partial charge in [0, 0.05) is 19.6 Å². The Labute approximate surface area is 113 Å². The van der Waals surface area contributed by atoms with Gasteiger partial charge < -0.3 is 10.2 Å². The zero-order valence-electron chi connectivity index (χ0n) is 8.74. The van der Waals surface area contributed by atoms with Crippen LogP contribution in [-0.4, -0.2) is 36.5 Å². The standard InChI is InChI=1S/C10H9Cl2N3OS/c11-8-3-7(9(12)17-8)10(16)15-2-1-14-5-6(15)4-13/h3,6,14H,1-2,5H2. The Balaban J connectivity index is 2.24. The average Bonchev–Trinajstić information content (AvgIpc) is 2.67. The second-order valence-corrected chi connectivity index (χ2v) is 5.87. The smallest absolute Gasteiger partial charge is 0.257 e. The highest BCUT2D eigenvalue weighted by Crippen LogP contribution is 2.32. The quantitative estimate of drug-likeness (QED) is 0.860. The van der Waals surface area contributed by atoms with Crippen LogP contribution >= 0.6 is 34.5 Å². The van der Waals surface area contributed by atoms with E-state index in [1.807, 2.05) is 0 Å². The first-order valence-corrected chi connectivity index (χ1v) is 6.57. The number of hydrogen-bond donors (Lipinski definition) is 1. The van der Waals surface area contributed by atoms with Gasteiger partial charge in [-0.3, -0.25) is 4.79 Å². The fraction of sp³-hybridized carbons (Fsp3) is 0.400. The number of thiophene rings is 1. The minimum absolute atomic E-state index is 0.230. The Morgan fingerprint density at radius 2 is 2.41 bits per heavy atom. The molecule has 1 N–H and O–H groups in total. The third-order valence-corrected chi connectivity index (χ3v) is 4.03. The highest BCUT2D eigenvalue weighted by Gasteiger charge is 2.29. The van der Waals surface area contributed by atoms with Crippen LogP contribution in [-0.2, 0) is 0 Å². The summed E-state index contributed by atoms with van der Waals surface area (Å²) in [6, 6.07) is 3.20. The lowest BCUT2D eigenvalue weighted by Crippen LogP contribution is -2.53. The number of nitriles is 1. The largest absolute Gasteiger partial charge is 0.320 e. The molecule has 4 nitrogen and oxygen atoms in total. The van der Waals surface area contributed by atoms with E-state index < -0.39 is 6.04 Å². The first-order valence-electron chi connectivity index (χ1n) is 4.99. The summed E-state index contributed by atoms with van der Waals surface area (Å²) in [4.78, 5) is 13.7. The number of halogens is 2. The number of hydrogen-bond acceptors (Lipinski definition) is 4. The van der Waals surface area contributed by atoms with E-state index in [2.05, 4.69) is 11.4 Å². The molecule has 1 amide bonds. The number of piperazine rings is 1. The highest BCUT2D eigenvalue weighted by atomic mass is 35.5. The summed E-state index contributed by atoms with van der Waals surface area (Å²) in [7, 11) is 0. The predicted molar refractivity (Wildman–Crippen MR) is 67.6 cm³/mol. The Bertz CT molecular complexity index is 482. The second kappa shape index (κ2) is 5.23. The molecule has 0 aromatic carbocycles. The predicted octanol–water partition coefficient (Wildman–Crippen LogP) is 1.99. The van der Waals surface area contributed by atoms with Crippen molar-refractivity contribution >= 4 is 40.4 Å². The molecule has 2 rings (SSSR count). The third-order valence-electron chi connectivity index (χ3n) is 2.54. The summed E-state index contributed by atoms with van der Waals surface area (Å²) in [5, 5.41) is 12.1. The van der Waals surface area contributed by atoms with E-state index in [1.54, 1.807) is 6.07 Å². The van der Waals surface area contributed by atoms with Crippen LogP contribution in [0, 0.1) is 11.3 Å². The molecule has 1 aromatic rings. The minimum Gasteiger partial charge on any atom is -0.320 e. The van der Waals surface area contributed by atoms with E-state index in [0.29, 0.717) is 33.9 Å².